The van der Waals surface area contributed by atoms with Crippen molar-refractivity contribution in [1.82, 2.24) is 10.2 Å². The van der Waals surface area contributed by atoms with Gasteiger partial charge in [0.05, 0.1) is 6.54 Å². The van der Waals surface area contributed by atoms with Gasteiger partial charge in [-0.3, -0.25) is 9.69 Å². The molecule has 0 aromatic heterocycles. The Balaban J connectivity index is 1.97. The fraction of sp³-hybridized carbons (Fsp3) is 0.222. The molecule has 1 aliphatic rings. The summed E-state index contributed by atoms with van der Waals surface area (Å²) in [6.07, 6.45) is 0.269. The molecule has 1 atom stereocenters. The maximum atomic E-state index is 14.0. The number of halogens is 3. The zero-order chi connectivity index (χ0) is 18.2. The summed E-state index contributed by atoms with van der Waals surface area (Å²) >= 11 is 5.99. The molecule has 1 N–H and O–H groups in total. The number of carbonyl (C=O) groups excluding carboxylic acids is 2. The van der Waals surface area contributed by atoms with Crippen molar-refractivity contribution in [3.05, 3.63) is 70.2 Å². The molecular weight excluding hydrogens is 350 g/mol. The summed E-state index contributed by atoms with van der Waals surface area (Å²) in [5, 5.41) is 2.80. The van der Waals surface area contributed by atoms with Crippen LogP contribution in [0.2, 0.25) is 5.02 Å². The Labute approximate surface area is 148 Å². The van der Waals surface area contributed by atoms with Gasteiger partial charge in [0.1, 0.15) is 17.2 Å². The van der Waals surface area contributed by atoms with Crippen LogP contribution in [0.4, 0.5) is 13.6 Å². The Hall–Kier alpha value is -2.47. The van der Waals surface area contributed by atoms with E-state index in [1.807, 2.05) is 0 Å². The van der Waals surface area contributed by atoms with Crippen molar-refractivity contribution in [2.45, 2.75) is 25.4 Å². The van der Waals surface area contributed by atoms with Gasteiger partial charge in [0.15, 0.2) is 0 Å². The molecule has 0 unspecified atom stereocenters. The summed E-state index contributed by atoms with van der Waals surface area (Å²) < 4.78 is 27.2. The zero-order valence-electron chi connectivity index (χ0n) is 13.4. The first-order valence-electron chi connectivity index (χ1n) is 7.72. The normalized spacial score (nSPS) is 20.1. The summed E-state index contributed by atoms with van der Waals surface area (Å²) in [7, 11) is 0. The van der Waals surface area contributed by atoms with Crippen LogP contribution in [0.15, 0.2) is 42.5 Å². The second-order valence-corrected chi connectivity index (χ2v) is 6.19. The van der Waals surface area contributed by atoms with E-state index in [0.717, 1.165) is 4.90 Å². The number of nitrogens with one attached hydrogen (secondary N) is 1. The third-order valence-corrected chi connectivity index (χ3v) is 4.78. The minimum absolute atomic E-state index is 0.0682. The average Bonchev–Trinajstić information content (AvgIpc) is 2.83. The third-order valence-electron chi connectivity index (χ3n) is 4.42. The molecule has 0 aliphatic carbocycles. The number of amides is 3. The molecule has 1 fully saturated rings. The summed E-state index contributed by atoms with van der Waals surface area (Å²) in [6.45, 7) is 1.46. The molecule has 2 aromatic carbocycles. The molecule has 2 aromatic rings. The SMILES string of the molecule is CC[C@]1(c2ccc(F)cc2)NC(=O)N(Cc2c(F)cccc2Cl)C1=O. The fourth-order valence-corrected chi connectivity index (χ4v) is 3.21. The smallest absolute Gasteiger partial charge is 0.319 e. The average molecular weight is 365 g/mol. The molecule has 130 valence electrons. The quantitative estimate of drug-likeness (QED) is 0.834. The van der Waals surface area contributed by atoms with Gasteiger partial charge in [0.2, 0.25) is 0 Å². The van der Waals surface area contributed by atoms with Gasteiger partial charge < -0.3 is 5.32 Å². The summed E-state index contributed by atoms with van der Waals surface area (Å²) in [5.41, 5.74) is -0.766. The van der Waals surface area contributed by atoms with E-state index in [2.05, 4.69) is 5.32 Å². The molecule has 1 heterocycles. The Morgan fingerprint density at radius 2 is 1.80 bits per heavy atom. The van der Waals surface area contributed by atoms with E-state index >= 15 is 0 Å². The van der Waals surface area contributed by atoms with Crippen molar-refractivity contribution < 1.29 is 18.4 Å². The lowest BCUT2D eigenvalue weighted by molar-refractivity contribution is -0.132. The number of carbonyl (C=O) groups is 2. The first kappa shape index (κ1) is 17.4. The molecule has 1 saturated heterocycles. The highest BCUT2D eigenvalue weighted by Crippen LogP contribution is 2.34. The Morgan fingerprint density at radius 1 is 1.12 bits per heavy atom. The van der Waals surface area contributed by atoms with Crippen LogP contribution in [0.3, 0.4) is 0 Å². The van der Waals surface area contributed by atoms with Crippen LogP contribution < -0.4 is 5.32 Å². The van der Waals surface area contributed by atoms with E-state index < -0.39 is 29.1 Å². The lowest BCUT2D eigenvalue weighted by Crippen LogP contribution is -2.43. The van der Waals surface area contributed by atoms with Gasteiger partial charge in [-0.1, -0.05) is 36.7 Å². The van der Waals surface area contributed by atoms with Crippen LogP contribution in [0.25, 0.3) is 0 Å². The van der Waals surface area contributed by atoms with E-state index in [4.69, 9.17) is 11.6 Å². The lowest BCUT2D eigenvalue weighted by Gasteiger charge is -2.26. The van der Waals surface area contributed by atoms with Crippen LogP contribution >= 0.6 is 11.6 Å². The maximum absolute atomic E-state index is 14.0. The summed E-state index contributed by atoms with van der Waals surface area (Å²) in [5.74, 6) is -1.56. The van der Waals surface area contributed by atoms with Crippen molar-refractivity contribution in [2.75, 3.05) is 0 Å². The molecular formula is C18H15ClF2N2O2. The van der Waals surface area contributed by atoms with Crippen molar-refractivity contribution in [3.8, 4) is 0 Å². The Kier molecular flexibility index (Phi) is 4.47. The van der Waals surface area contributed by atoms with Crippen LogP contribution in [0, 0.1) is 11.6 Å². The van der Waals surface area contributed by atoms with Crippen molar-refractivity contribution in [3.63, 3.8) is 0 Å². The predicted molar refractivity (Wildman–Crippen MR) is 88.9 cm³/mol. The molecule has 7 heteroatoms. The maximum Gasteiger partial charge on any atom is 0.325 e. The third kappa shape index (κ3) is 2.87. The van der Waals surface area contributed by atoms with Crippen LogP contribution in [-0.2, 0) is 16.9 Å². The standard InChI is InChI=1S/C18H15ClF2N2O2/c1-2-18(11-6-8-12(20)9-7-11)16(24)23(17(25)22-18)10-13-14(19)4-3-5-15(13)21/h3-9H,2,10H2,1H3,(H,22,25)/t18-/m1/s1. The van der Waals surface area contributed by atoms with Gasteiger partial charge in [-0.15, -0.1) is 0 Å². The van der Waals surface area contributed by atoms with Crippen molar-refractivity contribution >= 4 is 23.5 Å². The first-order chi connectivity index (χ1) is 11.9. The van der Waals surface area contributed by atoms with Gasteiger partial charge in [-0.2, -0.15) is 0 Å². The van der Waals surface area contributed by atoms with Crippen molar-refractivity contribution in [2.24, 2.45) is 0 Å². The highest BCUT2D eigenvalue weighted by molar-refractivity contribution is 6.31. The van der Waals surface area contributed by atoms with E-state index in [1.54, 1.807) is 6.92 Å². The van der Waals surface area contributed by atoms with E-state index in [1.165, 1.54) is 42.5 Å². The fourth-order valence-electron chi connectivity index (χ4n) is 2.99. The molecule has 0 spiro atoms. The monoisotopic (exact) mass is 364 g/mol. The topological polar surface area (TPSA) is 49.4 Å². The Bertz CT molecular complexity index is 821. The van der Waals surface area contributed by atoms with Gasteiger partial charge in [0.25, 0.3) is 5.91 Å². The van der Waals surface area contributed by atoms with Gasteiger partial charge >= 0.3 is 6.03 Å². The number of hydrogen-bond acceptors (Lipinski definition) is 2. The van der Waals surface area contributed by atoms with E-state index in [0.29, 0.717) is 5.56 Å². The lowest BCUT2D eigenvalue weighted by atomic mass is 9.87. The van der Waals surface area contributed by atoms with Crippen LogP contribution in [0.1, 0.15) is 24.5 Å². The minimum atomic E-state index is -1.30. The molecule has 4 nitrogen and oxygen atoms in total. The highest BCUT2D eigenvalue weighted by Gasteiger charge is 2.51. The van der Waals surface area contributed by atoms with Gasteiger partial charge in [-0.25, -0.2) is 13.6 Å². The van der Waals surface area contributed by atoms with Gasteiger partial charge in [0, 0.05) is 10.6 Å². The number of hydrogen-bond donors (Lipinski definition) is 1. The van der Waals surface area contributed by atoms with Crippen LogP contribution in [0.5, 0.6) is 0 Å². The second kappa shape index (κ2) is 6.44. The van der Waals surface area contributed by atoms with Crippen molar-refractivity contribution in [1.29, 1.82) is 0 Å². The number of imide groups is 1. The minimum Gasteiger partial charge on any atom is -0.319 e. The second-order valence-electron chi connectivity index (χ2n) is 5.79. The summed E-state index contributed by atoms with van der Waals surface area (Å²) in [6, 6.07) is 8.87. The zero-order valence-corrected chi connectivity index (χ0v) is 14.1. The highest BCUT2D eigenvalue weighted by atomic mass is 35.5. The molecule has 1 aliphatic heterocycles. The predicted octanol–water partition coefficient (Wildman–Crippen LogP) is 3.98. The van der Waals surface area contributed by atoms with Gasteiger partial charge in [-0.05, 0) is 36.2 Å². The Morgan fingerprint density at radius 3 is 2.40 bits per heavy atom. The number of rotatable bonds is 4. The summed E-state index contributed by atoms with van der Waals surface area (Å²) in [4.78, 5) is 26.3. The molecule has 0 bridgehead atoms. The number of urea groups is 1. The van der Waals surface area contributed by atoms with E-state index in [-0.39, 0.29) is 23.6 Å². The molecule has 0 saturated carbocycles. The van der Waals surface area contributed by atoms with E-state index in [9.17, 15) is 18.4 Å². The molecule has 3 amide bonds. The molecule has 25 heavy (non-hydrogen) atoms. The largest absolute Gasteiger partial charge is 0.325 e. The molecule has 0 radical (unpaired) electrons. The number of nitrogens with zero attached hydrogens (tertiary/aromatic N) is 1. The molecule has 3 rings (SSSR count). The van der Waals surface area contributed by atoms with Crippen LogP contribution in [-0.4, -0.2) is 16.8 Å². The first-order valence-corrected chi connectivity index (χ1v) is 8.10. The number of benzene rings is 2.